The molecule has 0 atom stereocenters. The molecule has 3 aromatic heterocycles. The van der Waals surface area contributed by atoms with Crippen molar-refractivity contribution in [3.63, 3.8) is 0 Å². The summed E-state index contributed by atoms with van der Waals surface area (Å²) in [6.07, 6.45) is 0. The molecule has 0 spiro atoms. The Morgan fingerprint density at radius 1 is 1.09 bits per heavy atom. The van der Waals surface area contributed by atoms with Gasteiger partial charge in [0.25, 0.3) is 5.56 Å². The largest absolute Gasteiger partial charge is 0.505 e. The van der Waals surface area contributed by atoms with Crippen LogP contribution in [0.1, 0.15) is 15.2 Å². The summed E-state index contributed by atoms with van der Waals surface area (Å²) in [5.74, 6) is -0.0438. The summed E-state index contributed by atoms with van der Waals surface area (Å²) in [5, 5.41) is 11.1. The molecule has 0 amide bonds. The highest BCUT2D eigenvalue weighted by molar-refractivity contribution is 7.16. The molecule has 0 radical (unpaired) electrons. The van der Waals surface area contributed by atoms with Crippen LogP contribution in [0.5, 0.6) is 17.2 Å². The zero-order chi connectivity index (χ0) is 24.0. The van der Waals surface area contributed by atoms with Gasteiger partial charge in [0.15, 0.2) is 11.5 Å². The van der Waals surface area contributed by atoms with Gasteiger partial charge in [-0.05, 0) is 25.1 Å². The Hall–Kier alpha value is -3.99. The van der Waals surface area contributed by atoms with E-state index in [1.54, 1.807) is 25.1 Å². The lowest BCUT2D eigenvalue weighted by Gasteiger charge is -2.10. The second kappa shape index (κ2) is 8.17. The fourth-order valence-electron chi connectivity index (χ4n) is 3.78. The molecule has 3 heterocycles. The summed E-state index contributed by atoms with van der Waals surface area (Å²) in [4.78, 5) is 43.6. The average Bonchev–Trinajstić information content (AvgIpc) is 3.34. The fourth-order valence-corrected chi connectivity index (χ4v) is 4.88. The van der Waals surface area contributed by atoms with Crippen LogP contribution in [-0.4, -0.2) is 46.9 Å². The van der Waals surface area contributed by atoms with Gasteiger partial charge in [0.05, 0.1) is 37.3 Å². The van der Waals surface area contributed by atoms with Gasteiger partial charge < -0.3 is 24.3 Å². The van der Waals surface area contributed by atoms with Gasteiger partial charge in [-0.3, -0.25) is 14.3 Å². The van der Waals surface area contributed by atoms with Gasteiger partial charge in [-0.15, -0.1) is 11.3 Å². The monoisotopic (exact) mass is 471 g/mol. The van der Waals surface area contributed by atoms with Gasteiger partial charge in [-0.2, -0.15) is 0 Å². The number of benzene rings is 1. The minimum atomic E-state index is -0.693. The molecule has 172 valence electrons. The van der Waals surface area contributed by atoms with Gasteiger partial charge in [0, 0.05) is 23.1 Å². The number of methoxy groups -OCH3 is 3. The first kappa shape index (κ1) is 22.2. The van der Waals surface area contributed by atoms with E-state index in [0.717, 1.165) is 11.3 Å². The second-order valence-corrected chi connectivity index (χ2v) is 8.41. The Kier molecular flexibility index (Phi) is 5.50. The van der Waals surface area contributed by atoms with E-state index in [1.165, 1.54) is 32.9 Å². The lowest BCUT2D eigenvalue weighted by atomic mass is 10.0. The molecule has 0 fully saturated rings. The normalized spacial score (nSPS) is 11.1. The minimum absolute atomic E-state index is 0.0198. The van der Waals surface area contributed by atoms with Crippen LogP contribution >= 0.6 is 11.3 Å². The molecule has 0 saturated carbocycles. The van der Waals surface area contributed by atoms with Crippen LogP contribution in [0.2, 0.25) is 0 Å². The van der Waals surface area contributed by atoms with E-state index in [-0.39, 0.29) is 27.2 Å². The molecule has 33 heavy (non-hydrogen) atoms. The molecule has 0 aliphatic carbocycles. The fraction of sp³-hybridized carbons (Fsp3) is 0.227. The Balaban J connectivity index is 2.15. The highest BCUT2D eigenvalue weighted by Gasteiger charge is 2.29. The molecule has 1 aromatic carbocycles. The number of aromatic hydroxyl groups is 1. The third-order valence-corrected chi connectivity index (χ3v) is 6.53. The number of aromatic nitrogens is 3. The molecule has 4 rings (SSSR count). The third kappa shape index (κ3) is 3.37. The molecule has 4 aromatic rings. The first-order valence-corrected chi connectivity index (χ1v) is 10.5. The highest BCUT2D eigenvalue weighted by Crippen LogP contribution is 2.48. The summed E-state index contributed by atoms with van der Waals surface area (Å²) in [6.45, 7) is 1.67. The van der Waals surface area contributed by atoms with Crippen molar-refractivity contribution < 1.29 is 24.1 Å². The molecule has 0 saturated heterocycles. The molecular formula is C22H21N3O7S. The Labute approximate surface area is 191 Å². The van der Waals surface area contributed by atoms with Crippen molar-refractivity contribution in [2.24, 2.45) is 7.05 Å². The maximum absolute atomic E-state index is 12.9. The lowest BCUT2D eigenvalue weighted by molar-refractivity contribution is 0.0597. The van der Waals surface area contributed by atoms with Crippen molar-refractivity contribution in [3.05, 3.63) is 49.5 Å². The number of fused-ring (bicyclic) bond motifs is 1. The maximum Gasteiger partial charge on any atom is 0.342 e. The quantitative estimate of drug-likeness (QED) is 0.381. The Morgan fingerprint density at radius 3 is 2.42 bits per heavy atom. The Morgan fingerprint density at radius 2 is 1.79 bits per heavy atom. The van der Waals surface area contributed by atoms with Crippen LogP contribution in [-0.2, 0) is 11.8 Å². The van der Waals surface area contributed by atoms with E-state index >= 15 is 0 Å². The number of ether oxygens (including phenoxy) is 3. The van der Waals surface area contributed by atoms with Crippen molar-refractivity contribution in [3.8, 4) is 38.9 Å². The zero-order valence-electron chi connectivity index (χ0n) is 18.5. The number of esters is 1. The predicted octanol–water partition coefficient (Wildman–Crippen LogP) is 2.77. The van der Waals surface area contributed by atoms with Crippen molar-refractivity contribution in [2.45, 2.75) is 6.92 Å². The number of carbonyl (C=O) groups excluding carboxylic acids is 1. The van der Waals surface area contributed by atoms with Crippen LogP contribution in [0.4, 0.5) is 0 Å². The topological polar surface area (TPSA) is 136 Å². The summed E-state index contributed by atoms with van der Waals surface area (Å²) >= 11 is 1.14. The lowest BCUT2D eigenvalue weighted by Crippen LogP contribution is -2.28. The van der Waals surface area contributed by atoms with E-state index in [0.29, 0.717) is 33.2 Å². The molecule has 0 aliphatic heterocycles. The number of carbonyl (C=O) groups is 1. The summed E-state index contributed by atoms with van der Waals surface area (Å²) in [5.41, 5.74) is 0.452. The number of rotatable bonds is 5. The number of nitrogens with one attached hydrogen (secondary N) is 2. The van der Waals surface area contributed by atoms with Gasteiger partial charge in [0.1, 0.15) is 17.0 Å². The van der Waals surface area contributed by atoms with Crippen LogP contribution in [0.25, 0.3) is 32.7 Å². The molecule has 0 aliphatic rings. The summed E-state index contributed by atoms with van der Waals surface area (Å²) in [6, 6.07) is 5.16. The van der Waals surface area contributed by atoms with Crippen molar-refractivity contribution in [2.75, 3.05) is 21.3 Å². The molecule has 3 N–H and O–H groups in total. The van der Waals surface area contributed by atoms with Crippen molar-refractivity contribution >= 4 is 28.3 Å². The van der Waals surface area contributed by atoms with E-state index in [4.69, 9.17) is 14.2 Å². The van der Waals surface area contributed by atoms with Gasteiger partial charge in [-0.1, -0.05) is 0 Å². The van der Waals surface area contributed by atoms with E-state index in [2.05, 4.69) is 9.97 Å². The predicted molar refractivity (Wildman–Crippen MR) is 124 cm³/mol. The molecule has 0 unspecified atom stereocenters. The highest BCUT2D eigenvalue weighted by atomic mass is 32.1. The van der Waals surface area contributed by atoms with Crippen LogP contribution in [0.3, 0.4) is 0 Å². The van der Waals surface area contributed by atoms with Crippen LogP contribution < -0.4 is 20.7 Å². The maximum atomic E-state index is 12.9. The first-order valence-electron chi connectivity index (χ1n) is 9.71. The van der Waals surface area contributed by atoms with Crippen LogP contribution in [0.15, 0.2) is 27.8 Å². The van der Waals surface area contributed by atoms with Gasteiger partial charge >= 0.3 is 11.7 Å². The molecule has 0 bridgehead atoms. The molecule has 10 nitrogen and oxygen atoms in total. The van der Waals surface area contributed by atoms with E-state index < -0.39 is 17.2 Å². The van der Waals surface area contributed by atoms with E-state index in [1.807, 2.05) is 0 Å². The molecular weight excluding hydrogens is 450 g/mol. The second-order valence-electron chi connectivity index (χ2n) is 7.19. The SMILES string of the molecule is COC(=O)c1c(C)sc(-c2c(-c3ccc(OC)c(OC)c3)[nH]c3c2c(=O)[nH]c(=O)n3C)c1O. The van der Waals surface area contributed by atoms with E-state index in [9.17, 15) is 19.5 Å². The zero-order valence-corrected chi connectivity index (χ0v) is 19.3. The van der Waals surface area contributed by atoms with Gasteiger partial charge in [-0.25, -0.2) is 9.59 Å². The summed E-state index contributed by atoms with van der Waals surface area (Å²) in [7, 11) is 5.75. The standard InChI is InChI=1S/C22H21N3O7S/c1-9-13(21(28)32-5)17(26)18(33-9)14-15-19(25(2)22(29)24-20(15)27)23-16(14)10-6-7-11(30-3)12(8-10)31-4/h6-8,23,26H,1-5H3,(H,24,27,29). The summed E-state index contributed by atoms with van der Waals surface area (Å²) < 4.78 is 16.8. The number of aromatic amines is 2. The number of aryl methyl sites for hydroxylation is 2. The number of hydrogen-bond acceptors (Lipinski definition) is 8. The van der Waals surface area contributed by atoms with Crippen molar-refractivity contribution in [1.29, 1.82) is 0 Å². The number of nitrogens with zero attached hydrogens (tertiary/aromatic N) is 1. The van der Waals surface area contributed by atoms with Crippen molar-refractivity contribution in [1.82, 2.24) is 14.5 Å². The number of H-pyrrole nitrogens is 2. The smallest absolute Gasteiger partial charge is 0.342 e. The average molecular weight is 471 g/mol. The molecule has 11 heteroatoms. The van der Waals surface area contributed by atoms with Crippen LogP contribution in [0, 0.1) is 6.92 Å². The minimum Gasteiger partial charge on any atom is -0.505 e. The Bertz CT molecular complexity index is 1520. The first-order chi connectivity index (χ1) is 15.7. The van der Waals surface area contributed by atoms with Gasteiger partial charge in [0.2, 0.25) is 0 Å². The number of thiophene rings is 1. The number of hydrogen-bond donors (Lipinski definition) is 3. The third-order valence-electron chi connectivity index (χ3n) is 5.42.